The summed E-state index contributed by atoms with van der Waals surface area (Å²) in [7, 11) is 0. The largest absolute Gasteiger partial charge is 0.367 e. The highest BCUT2D eigenvalue weighted by Gasteiger charge is 2.09. The Morgan fingerprint density at radius 1 is 0.913 bits per heavy atom. The molecule has 0 aliphatic rings. The zero-order valence-electron chi connectivity index (χ0n) is 14.6. The molecule has 0 unspecified atom stereocenters. The van der Waals surface area contributed by atoms with E-state index in [1.165, 1.54) is 16.7 Å². The summed E-state index contributed by atoms with van der Waals surface area (Å²) in [6, 6.07) is 10.4. The highest BCUT2D eigenvalue weighted by Crippen LogP contribution is 2.21. The van der Waals surface area contributed by atoms with Gasteiger partial charge in [0.2, 0.25) is 5.91 Å². The molecule has 0 spiro atoms. The quantitative estimate of drug-likeness (QED) is 0.889. The van der Waals surface area contributed by atoms with Gasteiger partial charge in [0.25, 0.3) is 0 Å². The molecule has 2 aromatic carbocycles. The molecule has 3 nitrogen and oxygen atoms in total. The third-order valence-electron chi connectivity index (χ3n) is 3.93. The van der Waals surface area contributed by atoms with Gasteiger partial charge in [0, 0.05) is 5.69 Å². The third-order valence-corrected chi connectivity index (χ3v) is 3.93. The van der Waals surface area contributed by atoms with E-state index in [0.29, 0.717) is 6.61 Å². The number of amides is 1. The Bertz CT molecular complexity index is 697. The number of ether oxygens (including phenoxy) is 1. The Balaban J connectivity index is 1.91. The number of aryl methyl sites for hydroxylation is 5. The van der Waals surface area contributed by atoms with Crippen LogP contribution in [0.2, 0.25) is 0 Å². The molecule has 0 aliphatic carbocycles. The van der Waals surface area contributed by atoms with E-state index in [1.807, 2.05) is 13.8 Å². The molecule has 3 heteroatoms. The highest BCUT2D eigenvalue weighted by molar-refractivity contribution is 5.93. The minimum Gasteiger partial charge on any atom is -0.367 e. The molecule has 0 radical (unpaired) electrons. The fraction of sp³-hybridized carbons (Fsp3) is 0.350. The van der Waals surface area contributed by atoms with Crippen LogP contribution in [0.1, 0.15) is 33.4 Å². The summed E-state index contributed by atoms with van der Waals surface area (Å²) in [5, 5.41) is 2.95. The molecular formula is C20H25NO2. The van der Waals surface area contributed by atoms with Gasteiger partial charge in [-0.25, -0.2) is 0 Å². The number of hydrogen-bond acceptors (Lipinski definition) is 2. The molecule has 1 amide bonds. The summed E-state index contributed by atoms with van der Waals surface area (Å²) < 4.78 is 5.57. The Labute approximate surface area is 138 Å². The van der Waals surface area contributed by atoms with E-state index in [4.69, 9.17) is 4.74 Å². The molecule has 0 atom stereocenters. The average Bonchev–Trinajstić information content (AvgIpc) is 2.45. The number of carbonyl (C=O) groups excluding carboxylic acids is 1. The fourth-order valence-corrected chi connectivity index (χ4v) is 2.81. The Hall–Kier alpha value is -2.13. The van der Waals surface area contributed by atoms with Crippen LogP contribution in [0.15, 0.2) is 30.3 Å². The van der Waals surface area contributed by atoms with Crippen molar-refractivity contribution in [2.45, 2.75) is 41.2 Å². The minimum atomic E-state index is -0.121. The maximum Gasteiger partial charge on any atom is 0.250 e. The molecule has 0 heterocycles. The number of anilines is 1. The van der Waals surface area contributed by atoms with Gasteiger partial charge in [0.1, 0.15) is 6.61 Å². The van der Waals surface area contributed by atoms with Gasteiger partial charge in [-0.05, 0) is 56.9 Å². The second kappa shape index (κ2) is 7.42. The summed E-state index contributed by atoms with van der Waals surface area (Å²) in [6.45, 7) is 10.7. The molecule has 0 aromatic heterocycles. The summed E-state index contributed by atoms with van der Waals surface area (Å²) in [5.74, 6) is -0.121. The smallest absolute Gasteiger partial charge is 0.250 e. The average molecular weight is 311 g/mol. The zero-order chi connectivity index (χ0) is 17.0. The van der Waals surface area contributed by atoms with Crippen molar-refractivity contribution in [3.63, 3.8) is 0 Å². The fourth-order valence-electron chi connectivity index (χ4n) is 2.81. The maximum atomic E-state index is 12.1. The van der Waals surface area contributed by atoms with Crippen molar-refractivity contribution in [3.8, 4) is 0 Å². The van der Waals surface area contributed by atoms with Crippen LogP contribution in [0, 0.1) is 34.6 Å². The molecule has 23 heavy (non-hydrogen) atoms. The molecule has 2 rings (SSSR count). The van der Waals surface area contributed by atoms with Gasteiger partial charge in [-0.15, -0.1) is 0 Å². The molecule has 0 saturated heterocycles. The monoisotopic (exact) mass is 311 g/mol. The second-order valence-electron chi connectivity index (χ2n) is 6.24. The lowest BCUT2D eigenvalue weighted by Crippen LogP contribution is -2.19. The van der Waals surface area contributed by atoms with Gasteiger partial charge < -0.3 is 10.1 Å². The van der Waals surface area contributed by atoms with E-state index in [-0.39, 0.29) is 12.5 Å². The van der Waals surface area contributed by atoms with Crippen molar-refractivity contribution >= 4 is 11.6 Å². The van der Waals surface area contributed by atoms with Crippen LogP contribution in [0.5, 0.6) is 0 Å². The zero-order valence-corrected chi connectivity index (χ0v) is 14.6. The summed E-state index contributed by atoms with van der Waals surface area (Å²) in [4.78, 5) is 12.1. The van der Waals surface area contributed by atoms with Crippen LogP contribution >= 0.6 is 0 Å². The van der Waals surface area contributed by atoms with Crippen LogP contribution in [0.4, 0.5) is 5.69 Å². The number of rotatable bonds is 5. The summed E-state index contributed by atoms with van der Waals surface area (Å²) in [5.41, 5.74) is 7.77. The molecule has 2 aromatic rings. The van der Waals surface area contributed by atoms with E-state index in [9.17, 15) is 4.79 Å². The van der Waals surface area contributed by atoms with Crippen molar-refractivity contribution in [3.05, 3.63) is 63.7 Å². The molecule has 0 aliphatic heterocycles. The number of carbonyl (C=O) groups is 1. The predicted molar refractivity (Wildman–Crippen MR) is 94.9 cm³/mol. The first-order valence-corrected chi connectivity index (χ1v) is 7.88. The van der Waals surface area contributed by atoms with E-state index in [0.717, 1.165) is 22.4 Å². The van der Waals surface area contributed by atoms with Crippen molar-refractivity contribution in [1.82, 2.24) is 0 Å². The molecule has 0 bridgehead atoms. The van der Waals surface area contributed by atoms with Gasteiger partial charge >= 0.3 is 0 Å². The normalized spacial score (nSPS) is 10.7. The highest BCUT2D eigenvalue weighted by atomic mass is 16.5. The lowest BCUT2D eigenvalue weighted by Gasteiger charge is -2.13. The third kappa shape index (κ3) is 4.67. The first kappa shape index (κ1) is 17.2. The van der Waals surface area contributed by atoms with Gasteiger partial charge in [-0.3, -0.25) is 4.79 Å². The Morgan fingerprint density at radius 2 is 1.52 bits per heavy atom. The van der Waals surface area contributed by atoms with E-state index < -0.39 is 0 Å². The van der Waals surface area contributed by atoms with Gasteiger partial charge in [0.05, 0.1) is 6.61 Å². The Morgan fingerprint density at radius 3 is 2.13 bits per heavy atom. The number of nitrogens with one attached hydrogen (secondary N) is 1. The van der Waals surface area contributed by atoms with Crippen molar-refractivity contribution in [1.29, 1.82) is 0 Å². The van der Waals surface area contributed by atoms with Crippen LogP contribution in [-0.4, -0.2) is 12.5 Å². The Kier molecular flexibility index (Phi) is 5.56. The van der Waals surface area contributed by atoms with Crippen molar-refractivity contribution in [2.24, 2.45) is 0 Å². The van der Waals surface area contributed by atoms with E-state index in [1.54, 1.807) is 0 Å². The van der Waals surface area contributed by atoms with Crippen LogP contribution in [0.3, 0.4) is 0 Å². The van der Waals surface area contributed by atoms with Crippen LogP contribution < -0.4 is 5.32 Å². The number of hydrogen-bond donors (Lipinski definition) is 1. The first-order chi connectivity index (χ1) is 10.9. The lowest BCUT2D eigenvalue weighted by molar-refractivity contribution is -0.121. The predicted octanol–water partition coefficient (Wildman–Crippen LogP) is 4.38. The number of benzene rings is 2. The lowest BCUT2D eigenvalue weighted by atomic mass is 10.1. The van der Waals surface area contributed by atoms with Gasteiger partial charge in [0.15, 0.2) is 0 Å². The standard InChI is InChI=1S/C20H25NO2/c1-13-6-7-18(15(3)8-13)11-23-12-19(22)21-20-16(4)9-14(2)10-17(20)5/h6-10H,11-12H2,1-5H3,(H,21,22). The van der Waals surface area contributed by atoms with Gasteiger partial charge in [-0.2, -0.15) is 0 Å². The molecule has 1 N–H and O–H groups in total. The molecule has 122 valence electrons. The molecular weight excluding hydrogens is 286 g/mol. The van der Waals surface area contributed by atoms with E-state index >= 15 is 0 Å². The van der Waals surface area contributed by atoms with Crippen LogP contribution in [-0.2, 0) is 16.1 Å². The summed E-state index contributed by atoms with van der Waals surface area (Å²) in [6.07, 6.45) is 0. The van der Waals surface area contributed by atoms with E-state index in [2.05, 4.69) is 56.4 Å². The SMILES string of the molecule is Cc1ccc(COCC(=O)Nc2c(C)cc(C)cc2C)c(C)c1. The van der Waals surface area contributed by atoms with Crippen molar-refractivity contribution in [2.75, 3.05) is 11.9 Å². The van der Waals surface area contributed by atoms with Crippen molar-refractivity contribution < 1.29 is 9.53 Å². The second-order valence-corrected chi connectivity index (χ2v) is 6.24. The topological polar surface area (TPSA) is 38.3 Å². The summed E-state index contributed by atoms with van der Waals surface area (Å²) >= 11 is 0. The van der Waals surface area contributed by atoms with Gasteiger partial charge in [-0.1, -0.05) is 41.5 Å². The molecule has 0 saturated carbocycles. The maximum absolute atomic E-state index is 12.1. The van der Waals surface area contributed by atoms with Crippen LogP contribution in [0.25, 0.3) is 0 Å². The first-order valence-electron chi connectivity index (χ1n) is 7.88. The molecule has 0 fully saturated rings. The minimum absolute atomic E-state index is 0.0556.